The van der Waals surface area contributed by atoms with Crippen LogP contribution in [0.4, 0.5) is 0 Å². The van der Waals surface area contributed by atoms with Gasteiger partial charge in [0.1, 0.15) is 0 Å². The molecule has 0 saturated carbocycles. The summed E-state index contributed by atoms with van der Waals surface area (Å²) in [5.74, 6) is 1.30. The van der Waals surface area contributed by atoms with Crippen molar-refractivity contribution in [2.75, 3.05) is 20.8 Å². The molecule has 4 heteroatoms. The summed E-state index contributed by atoms with van der Waals surface area (Å²) in [5, 5.41) is 2.88. The molecular formula is C23H27NO3. The van der Waals surface area contributed by atoms with Gasteiger partial charge in [-0.25, -0.2) is 0 Å². The van der Waals surface area contributed by atoms with Crippen LogP contribution in [0, 0.1) is 0 Å². The van der Waals surface area contributed by atoms with Gasteiger partial charge < -0.3 is 14.8 Å². The van der Waals surface area contributed by atoms with Crippen LogP contribution in [0.1, 0.15) is 17.5 Å². The van der Waals surface area contributed by atoms with E-state index < -0.39 is 0 Å². The maximum absolute atomic E-state index is 11.8. The van der Waals surface area contributed by atoms with Crippen LogP contribution in [0.15, 0.2) is 72.8 Å². The number of allylic oxidation sites excluding steroid dienone is 3. The lowest BCUT2D eigenvalue weighted by molar-refractivity contribution is -0.116. The minimum Gasteiger partial charge on any atom is -0.493 e. The molecule has 0 aliphatic rings. The molecule has 2 rings (SSSR count). The van der Waals surface area contributed by atoms with Crippen LogP contribution in [0.3, 0.4) is 0 Å². The van der Waals surface area contributed by atoms with Crippen LogP contribution < -0.4 is 14.8 Å². The standard InChI is InChI=1S/C23H27NO3/c1-26-21-15-14-20(18-22(21)27-2)16-17-24-23(25)13-9-4-3-6-10-19-11-7-5-8-12-19/h3-5,7-9,11-15,18H,6,10,16-17H2,1-2H3,(H,24,25)/b4-3+,13-9+. The molecule has 142 valence electrons. The highest BCUT2D eigenvalue weighted by atomic mass is 16.5. The number of carbonyl (C=O) groups is 1. The van der Waals surface area contributed by atoms with Gasteiger partial charge in [0.15, 0.2) is 11.5 Å². The van der Waals surface area contributed by atoms with Crippen molar-refractivity contribution in [3.05, 3.63) is 84.0 Å². The molecule has 0 saturated heterocycles. The SMILES string of the molecule is COc1ccc(CCNC(=O)/C=C/C=C/CCc2ccccc2)cc1OC. The van der Waals surface area contributed by atoms with Gasteiger partial charge in [-0.15, -0.1) is 0 Å². The van der Waals surface area contributed by atoms with Crippen molar-refractivity contribution in [1.29, 1.82) is 0 Å². The summed E-state index contributed by atoms with van der Waals surface area (Å²) >= 11 is 0. The van der Waals surface area contributed by atoms with Gasteiger partial charge in [0.25, 0.3) is 0 Å². The lowest BCUT2D eigenvalue weighted by Gasteiger charge is -2.09. The highest BCUT2D eigenvalue weighted by molar-refractivity contribution is 5.87. The maximum atomic E-state index is 11.8. The van der Waals surface area contributed by atoms with Crippen molar-refractivity contribution in [3.63, 3.8) is 0 Å². The second-order valence-corrected chi connectivity index (χ2v) is 6.04. The zero-order valence-electron chi connectivity index (χ0n) is 16.0. The predicted molar refractivity (Wildman–Crippen MR) is 109 cm³/mol. The molecule has 0 aliphatic heterocycles. The molecule has 27 heavy (non-hydrogen) atoms. The van der Waals surface area contributed by atoms with Gasteiger partial charge in [-0.3, -0.25) is 4.79 Å². The molecule has 2 aromatic carbocycles. The highest BCUT2D eigenvalue weighted by Crippen LogP contribution is 2.27. The van der Waals surface area contributed by atoms with Crippen molar-refractivity contribution < 1.29 is 14.3 Å². The number of amides is 1. The number of nitrogens with one attached hydrogen (secondary N) is 1. The average Bonchev–Trinajstić information content (AvgIpc) is 2.71. The Morgan fingerprint density at radius 1 is 0.926 bits per heavy atom. The number of rotatable bonds is 10. The third kappa shape index (κ3) is 7.40. The average molecular weight is 365 g/mol. The van der Waals surface area contributed by atoms with Gasteiger partial charge >= 0.3 is 0 Å². The van der Waals surface area contributed by atoms with Crippen molar-refractivity contribution in [2.24, 2.45) is 0 Å². The third-order valence-corrected chi connectivity index (χ3v) is 4.10. The number of benzene rings is 2. The fourth-order valence-electron chi connectivity index (χ4n) is 2.64. The van der Waals surface area contributed by atoms with Crippen molar-refractivity contribution >= 4 is 5.91 Å². The van der Waals surface area contributed by atoms with Gasteiger partial charge in [-0.1, -0.05) is 54.6 Å². The third-order valence-electron chi connectivity index (χ3n) is 4.10. The van der Waals surface area contributed by atoms with Crippen LogP contribution >= 0.6 is 0 Å². The van der Waals surface area contributed by atoms with Crippen LogP contribution in [0.2, 0.25) is 0 Å². The summed E-state index contributed by atoms with van der Waals surface area (Å²) in [7, 11) is 3.22. The first-order chi connectivity index (χ1) is 13.2. The summed E-state index contributed by atoms with van der Waals surface area (Å²) in [4.78, 5) is 11.8. The lowest BCUT2D eigenvalue weighted by Crippen LogP contribution is -2.23. The van der Waals surface area contributed by atoms with E-state index in [1.54, 1.807) is 26.4 Å². The quantitative estimate of drug-likeness (QED) is 0.509. The molecule has 1 amide bonds. The highest BCUT2D eigenvalue weighted by Gasteiger charge is 2.04. The molecule has 0 aromatic heterocycles. The first-order valence-electron chi connectivity index (χ1n) is 9.09. The second kappa shape index (κ2) is 11.6. The van der Waals surface area contributed by atoms with Crippen molar-refractivity contribution in [2.45, 2.75) is 19.3 Å². The Bertz CT molecular complexity index is 766. The molecule has 4 nitrogen and oxygen atoms in total. The van der Waals surface area contributed by atoms with E-state index in [-0.39, 0.29) is 5.91 Å². The number of carbonyl (C=O) groups excluding carboxylic acids is 1. The topological polar surface area (TPSA) is 47.6 Å². The van der Waals surface area contributed by atoms with Gasteiger partial charge in [0.2, 0.25) is 5.91 Å². The first-order valence-corrected chi connectivity index (χ1v) is 9.09. The fraction of sp³-hybridized carbons (Fsp3) is 0.261. The molecule has 0 heterocycles. The van der Waals surface area contributed by atoms with Crippen LogP contribution in [-0.4, -0.2) is 26.7 Å². The molecule has 2 aromatic rings. The molecule has 0 radical (unpaired) electrons. The van der Waals surface area contributed by atoms with Crippen LogP contribution in [0.5, 0.6) is 11.5 Å². The second-order valence-electron chi connectivity index (χ2n) is 6.04. The number of ether oxygens (including phenoxy) is 2. The Balaban J connectivity index is 1.67. The first kappa shape index (κ1) is 20.3. The maximum Gasteiger partial charge on any atom is 0.243 e. The number of hydrogen-bond acceptors (Lipinski definition) is 3. The van der Waals surface area contributed by atoms with E-state index in [0.717, 1.165) is 24.8 Å². The summed E-state index contributed by atoms with van der Waals surface area (Å²) in [6, 6.07) is 16.1. The molecular weight excluding hydrogens is 338 g/mol. The summed E-state index contributed by atoms with van der Waals surface area (Å²) < 4.78 is 10.5. The smallest absolute Gasteiger partial charge is 0.243 e. The Labute approximate surface area is 161 Å². The zero-order chi connectivity index (χ0) is 19.3. The molecule has 1 N–H and O–H groups in total. The monoisotopic (exact) mass is 365 g/mol. The summed E-state index contributed by atoms with van der Waals surface area (Å²) in [5.41, 5.74) is 2.40. The number of hydrogen-bond donors (Lipinski definition) is 1. The van der Waals surface area contributed by atoms with E-state index in [4.69, 9.17) is 9.47 Å². The fourth-order valence-corrected chi connectivity index (χ4v) is 2.64. The Morgan fingerprint density at radius 2 is 1.70 bits per heavy atom. The number of methoxy groups -OCH3 is 2. The van der Waals surface area contributed by atoms with Gasteiger partial charge in [-0.2, -0.15) is 0 Å². The minimum absolute atomic E-state index is 0.0943. The van der Waals surface area contributed by atoms with Gasteiger partial charge in [0, 0.05) is 12.6 Å². The normalized spacial score (nSPS) is 11.0. The summed E-state index contributed by atoms with van der Waals surface area (Å²) in [6.45, 7) is 0.566. The molecule has 0 bridgehead atoms. The predicted octanol–water partition coefficient (Wildman–Crippen LogP) is 4.11. The molecule has 0 spiro atoms. The Kier molecular flexibility index (Phi) is 8.70. The van der Waals surface area contributed by atoms with Crippen LogP contribution in [0.25, 0.3) is 0 Å². The van der Waals surface area contributed by atoms with E-state index in [1.165, 1.54) is 5.56 Å². The zero-order valence-corrected chi connectivity index (χ0v) is 16.0. The van der Waals surface area contributed by atoms with E-state index in [0.29, 0.717) is 18.0 Å². The molecule has 0 unspecified atom stereocenters. The molecule has 0 aliphatic carbocycles. The van der Waals surface area contributed by atoms with E-state index in [9.17, 15) is 4.79 Å². The van der Waals surface area contributed by atoms with Crippen LogP contribution in [-0.2, 0) is 17.6 Å². The summed E-state index contributed by atoms with van der Waals surface area (Å²) in [6.07, 6.45) is 9.99. The molecule has 0 fully saturated rings. The van der Waals surface area contributed by atoms with E-state index in [1.807, 2.05) is 42.5 Å². The largest absolute Gasteiger partial charge is 0.493 e. The molecule has 0 atom stereocenters. The Hall–Kier alpha value is -3.01. The Morgan fingerprint density at radius 3 is 2.44 bits per heavy atom. The van der Waals surface area contributed by atoms with E-state index >= 15 is 0 Å². The van der Waals surface area contributed by atoms with Crippen molar-refractivity contribution in [3.8, 4) is 11.5 Å². The van der Waals surface area contributed by atoms with Crippen molar-refractivity contribution in [1.82, 2.24) is 5.32 Å². The van der Waals surface area contributed by atoms with E-state index in [2.05, 4.69) is 23.5 Å². The lowest BCUT2D eigenvalue weighted by atomic mass is 10.1. The van der Waals surface area contributed by atoms with Gasteiger partial charge in [0.05, 0.1) is 14.2 Å². The minimum atomic E-state index is -0.0943. The number of aryl methyl sites for hydroxylation is 1. The van der Waals surface area contributed by atoms with Gasteiger partial charge in [-0.05, 0) is 42.5 Å².